The predicted molar refractivity (Wildman–Crippen MR) is 81.6 cm³/mol. The molecule has 19 heavy (non-hydrogen) atoms. The number of hydrogen-bond acceptors (Lipinski definition) is 3. The number of ether oxygens (including phenoxy) is 1. The normalized spacial score (nSPS) is 14.5. The summed E-state index contributed by atoms with van der Waals surface area (Å²) in [7, 11) is 3.73. The van der Waals surface area contributed by atoms with Crippen molar-refractivity contribution in [2.45, 2.75) is 33.2 Å². The van der Waals surface area contributed by atoms with Gasteiger partial charge in [-0.05, 0) is 49.0 Å². The molecular formula is C16H28N2O. The number of methoxy groups -OCH3 is 1. The summed E-state index contributed by atoms with van der Waals surface area (Å²) in [4.78, 5) is 0. The van der Waals surface area contributed by atoms with Gasteiger partial charge in [0, 0.05) is 6.04 Å². The van der Waals surface area contributed by atoms with Crippen LogP contribution in [0.1, 0.15) is 37.9 Å². The highest BCUT2D eigenvalue weighted by atomic mass is 16.5. The summed E-state index contributed by atoms with van der Waals surface area (Å²) in [5.74, 6) is 1.95. The molecule has 0 aliphatic rings. The van der Waals surface area contributed by atoms with Gasteiger partial charge in [-0.3, -0.25) is 0 Å². The second-order valence-electron chi connectivity index (χ2n) is 5.33. The molecule has 1 aromatic carbocycles. The molecule has 0 aliphatic heterocycles. The summed E-state index contributed by atoms with van der Waals surface area (Å²) in [5.41, 5.74) is 8.49. The second-order valence-corrected chi connectivity index (χ2v) is 5.33. The first-order valence-electron chi connectivity index (χ1n) is 7.13. The summed E-state index contributed by atoms with van der Waals surface area (Å²) in [6, 6.07) is 6.74. The Balaban J connectivity index is 3.11. The Hall–Kier alpha value is -1.06. The second kappa shape index (κ2) is 7.51. The molecular weight excluding hydrogens is 236 g/mol. The van der Waals surface area contributed by atoms with E-state index in [4.69, 9.17) is 10.5 Å². The van der Waals surface area contributed by atoms with E-state index in [1.165, 1.54) is 11.1 Å². The summed E-state index contributed by atoms with van der Waals surface area (Å²) in [6.07, 6.45) is 0.975. The minimum Gasteiger partial charge on any atom is -0.496 e. The van der Waals surface area contributed by atoms with Crippen molar-refractivity contribution in [3.63, 3.8) is 0 Å². The van der Waals surface area contributed by atoms with Crippen molar-refractivity contribution < 1.29 is 4.74 Å². The fraction of sp³-hybridized carbons (Fsp3) is 0.625. The van der Waals surface area contributed by atoms with Crippen LogP contribution in [0, 0.1) is 11.8 Å². The number of nitrogens with one attached hydrogen (secondary N) is 1. The number of hydrogen-bond donors (Lipinski definition) is 2. The topological polar surface area (TPSA) is 47.3 Å². The van der Waals surface area contributed by atoms with Crippen LogP contribution < -0.4 is 15.8 Å². The zero-order valence-corrected chi connectivity index (χ0v) is 12.9. The van der Waals surface area contributed by atoms with E-state index in [-0.39, 0.29) is 0 Å². The summed E-state index contributed by atoms with van der Waals surface area (Å²) < 4.78 is 5.39. The van der Waals surface area contributed by atoms with Crippen molar-refractivity contribution in [3.8, 4) is 5.75 Å². The van der Waals surface area contributed by atoms with Crippen LogP contribution in [-0.4, -0.2) is 20.7 Å². The van der Waals surface area contributed by atoms with Gasteiger partial charge in [-0.1, -0.05) is 32.9 Å². The Morgan fingerprint density at radius 3 is 2.42 bits per heavy atom. The van der Waals surface area contributed by atoms with E-state index in [0.29, 0.717) is 24.4 Å². The molecule has 3 nitrogen and oxygen atoms in total. The molecule has 0 aliphatic carbocycles. The molecule has 0 aromatic heterocycles. The van der Waals surface area contributed by atoms with Gasteiger partial charge in [0.1, 0.15) is 5.75 Å². The Labute approximate surface area is 117 Å². The van der Waals surface area contributed by atoms with Crippen molar-refractivity contribution in [2.75, 3.05) is 20.7 Å². The predicted octanol–water partition coefficient (Wildman–Crippen LogP) is 2.75. The first-order chi connectivity index (χ1) is 9.08. The van der Waals surface area contributed by atoms with Crippen LogP contribution in [0.25, 0.3) is 0 Å². The van der Waals surface area contributed by atoms with Crippen LogP contribution in [0.15, 0.2) is 18.2 Å². The van der Waals surface area contributed by atoms with Gasteiger partial charge in [-0.15, -0.1) is 0 Å². The van der Waals surface area contributed by atoms with Gasteiger partial charge in [0.15, 0.2) is 0 Å². The fourth-order valence-electron chi connectivity index (χ4n) is 2.69. The van der Waals surface area contributed by atoms with Crippen LogP contribution in [0.4, 0.5) is 0 Å². The van der Waals surface area contributed by atoms with E-state index in [0.717, 1.165) is 12.2 Å². The monoisotopic (exact) mass is 264 g/mol. The molecule has 2 unspecified atom stereocenters. The third-order valence-electron chi connectivity index (χ3n) is 3.91. The summed E-state index contributed by atoms with van der Waals surface area (Å²) >= 11 is 0. The van der Waals surface area contributed by atoms with Crippen molar-refractivity contribution in [1.82, 2.24) is 5.32 Å². The highest BCUT2D eigenvalue weighted by molar-refractivity contribution is 5.38. The minimum atomic E-state index is 0.293. The average molecular weight is 264 g/mol. The zero-order valence-electron chi connectivity index (χ0n) is 12.9. The van der Waals surface area contributed by atoms with Gasteiger partial charge >= 0.3 is 0 Å². The standard InChI is InChI=1S/C16H28N2O/c1-6-12-9-13(7-8-15(12)19-5)16(18-4)14(10-17)11(2)3/h7-9,11,14,16,18H,6,10,17H2,1-5H3. The molecule has 2 atom stereocenters. The van der Waals surface area contributed by atoms with E-state index in [1.807, 2.05) is 7.05 Å². The molecule has 0 radical (unpaired) electrons. The molecule has 0 fully saturated rings. The smallest absolute Gasteiger partial charge is 0.122 e. The fourth-order valence-corrected chi connectivity index (χ4v) is 2.69. The van der Waals surface area contributed by atoms with E-state index >= 15 is 0 Å². The van der Waals surface area contributed by atoms with Crippen molar-refractivity contribution in [3.05, 3.63) is 29.3 Å². The van der Waals surface area contributed by atoms with Gasteiger partial charge in [0.2, 0.25) is 0 Å². The third kappa shape index (κ3) is 3.71. The lowest BCUT2D eigenvalue weighted by molar-refractivity contribution is 0.298. The molecule has 108 valence electrons. The lowest BCUT2D eigenvalue weighted by atomic mass is 9.84. The number of rotatable bonds is 7. The first kappa shape index (κ1) is 16.0. The molecule has 1 aromatic rings. The molecule has 0 bridgehead atoms. The molecule has 3 heteroatoms. The lowest BCUT2D eigenvalue weighted by Crippen LogP contribution is -2.34. The maximum absolute atomic E-state index is 5.95. The molecule has 1 rings (SSSR count). The lowest BCUT2D eigenvalue weighted by Gasteiger charge is -2.30. The van der Waals surface area contributed by atoms with E-state index in [2.05, 4.69) is 44.3 Å². The van der Waals surface area contributed by atoms with E-state index in [1.54, 1.807) is 7.11 Å². The van der Waals surface area contributed by atoms with Gasteiger partial charge in [-0.2, -0.15) is 0 Å². The SMILES string of the molecule is CCc1cc(C(NC)C(CN)C(C)C)ccc1OC. The molecule has 0 amide bonds. The van der Waals surface area contributed by atoms with Crippen molar-refractivity contribution >= 4 is 0 Å². The number of benzene rings is 1. The Morgan fingerprint density at radius 1 is 1.32 bits per heavy atom. The van der Waals surface area contributed by atoms with E-state index in [9.17, 15) is 0 Å². The Morgan fingerprint density at radius 2 is 2.00 bits per heavy atom. The van der Waals surface area contributed by atoms with Crippen LogP contribution >= 0.6 is 0 Å². The first-order valence-corrected chi connectivity index (χ1v) is 7.13. The highest BCUT2D eigenvalue weighted by Gasteiger charge is 2.24. The van der Waals surface area contributed by atoms with Crippen LogP contribution in [-0.2, 0) is 6.42 Å². The molecule has 0 heterocycles. The van der Waals surface area contributed by atoms with Crippen molar-refractivity contribution in [1.29, 1.82) is 0 Å². The minimum absolute atomic E-state index is 0.293. The highest BCUT2D eigenvalue weighted by Crippen LogP contribution is 2.30. The Bertz CT molecular complexity index is 390. The largest absolute Gasteiger partial charge is 0.496 e. The average Bonchev–Trinajstić information content (AvgIpc) is 2.43. The van der Waals surface area contributed by atoms with Crippen LogP contribution in [0.5, 0.6) is 5.75 Å². The maximum Gasteiger partial charge on any atom is 0.122 e. The number of nitrogens with two attached hydrogens (primary N) is 1. The quantitative estimate of drug-likeness (QED) is 0.796. The van der Waals surface area contributed by atoms with Gasteiger partial charge in [0.05, 0.1) is 7.11 Å². The Kier molecular flexibility index (Phi) is 6.32. The molecule has 3 N–H and O–H groups in total. The summed E-state index contributed by atoms with van der Waals surface area (Å²) in [6.45, 7) is 7.30. The third-order valence-corrected chi connectivity index (χ3v) is 3.91. The molecule has 0 saturated heterocycles. The number of aryl methyl sites for hydroxylation is 1. The zero-order chi connectivity index (χ0) is 14.4. The van der Waals surface area contributed by atoms with Gasteiger partial charge in [0.25, 0.3) is 0 Å². The van der Waals surface area contributed by atoms with Crippen LogP contribution in [0.3, 0.4) is 0 Å². The molecule has 0 saturated carbocycles. The van der Waals surface area contributed by atoms with Gasteiger partial charge < -0.3 is 15.8 Å². The van der Waals surface area contributed by atoms with Gasteiger partial charge in [-0.25, -0.2) is 0 Å². The van der Waals surface area contributed by atoms with E-state index < -0.39 is 0 Å². The van der Waals surface area contributed by atoms with Crippen molar-refractivity contribution in [2.24, 2.45) is 17.6 Å². The maximum atomic E-state index is 5.95. The molecule has 0 spiro atoms. The van der Waals surface area contributed by atoms with Crippen LogP contribution in [0.2, 0.25) is 0 Å². The summed E-state index contributed by atoms with van der Waals surface area (Å²) in [5, 5.41) is 3.42.